The molecule has 0 saturated heterocycles. The van der Waals surface area contributed by atoms with Crippen LogP contribution in [0.4, 0.5) is 0 Å². The highest BCUT2D eigenvalue weighted by atomic mass is 32.1. The van der Waals surface area contributed by atoms with Gasteiger partial charge in [-0.1, -0.05) is 103 Å². The average Bonchev–Trinajstić information content (AvgIpc) is 3.94. The summed E-state index contributed by atoms with van der Waals surface area (Å²) >= 11 is 1.81. The lowest BCUT2D eigenvalue weighted by atomic mass is 10.0. The van der Waals surface area contributed by atoms with Crippen LogP contribution in [-0.2, 0) is 0 Å². The van der Waals surface area contributed by atoms with Gasteiger partial charge in [-0.25, -0.2) is 15.0 Å². The van der Waals surface area contributed by atoms with Gasteiger partial charge < -0.3 is 8.98 Å². The molecule has 12 rings (SSSR count). The van der Waals surface area contributed by atoms with Crippen molar-refractivity contribution in [3.8, 4) is 51.0 Å². The highest BCUT2D eigenvalue weighted by molar-refractivity contribution is 7.25. The molecule has 57 heavy (non-hydrogen) atoms. The number of hydrogen-bond acceptors (Lipinski definition) is 5. The summed E-state index contributed by atoms with van der Waals surface area (Å²) in [7, 11) is 0. The summed E-state index contributed by atoms with van der Waals surface area (Å²) in [6.45, 7) is 0. The molecule has 6 heteroatoms. The Hall–Kier alpha value is -7.41. The normalized spacial score (nSPS) is 11.9. The molecule has 0 amide bonds. The van der Waals surface area contributed by atoms with Gasteiger partial charge in [0.1, 0.15) is 11.2 Å². The fourth-order valence-corrected chi connectivity index (χ4v) is 9.42. The number of rotatable bonds is 5. The van der Waals surface area contributed by atoms with E-state index < -0.39 is 0 Å². The fraction of sp³-hybridized carbons (Fsp3) is 0. The van der Waals surface area contributed by atoms with Crippen LogP contribution in [0.2, 0.25) is 0 Å². The number of nitrogens with zero attached hydrogens (tertiary/aromatic N) is 4. The van der Waals surface area contributed by atoms with Crippen molar-refractivity contribution in [3.05, 3.63) is 182 Å². The number of thiophene rings is 1. The molecule has 0 aliphatic heterocycles. The first-order valence-electron chi connectivity index (χ1n) is 19.0. The van der Waals surface area contributed by atoms with Crippen LogP contribution in [0.3, 0.4) is 0 Å². The van der Waals surface area contributed by atoms with Gasteiger partial charge in [-0.05, 0) is 83.9 Å². The van der Waals surface area contributed by atoms with Gasteiger partial charge >= 0.3 is 0 Å². The van der Waals surface area contributed by atoms with E-state index >= 15 is 0 Å². The van der Waals surface area contributed by atoms with Crippen molar-refractivity contribution >= 4 is 75.3 Å². The molecule has 5 nitrogen and oxygen atoms in total. The molecule has 0 unspecified atom stereocenters. The van der Waals surface area contributed by atoms with Crippen molar-refractivity contribution < 1.29 is 4.42 Å². The third-order valence-electron chi connectivity index (χ3n) is 11.0. The number of furan rings is 1. The molecular formula is C51H30N4OS. The van der Waals surface area contributed by atoms with E-state index in [1.165, 1.54) is 30.9 Å². The number of benzene rings is 8. The first-order valence-corrected chi connectivity index (χ1v) is 19.8. The summed E-state index contributed by atoms with van der Waals surface area (Å²) < 4.78 is 11.4. The van der Waals surface area contributed by atoms with E-state index in [-0.39, 0.29) is 0 Å². The Labute approximate surface area is 330 Å². The Morgan fingerprint density at radius 2 is 0.947 bits per heavy atom. The maximum Gasteiger partial charge on any atom is 0.164 e. The summed E-state index contributed by atoms with van der Waals surface area (Å²) in [6, 6.07) is 63.8. The molecule has 0 fully saturated rings. The van der Waals surface area contributed by atoms with Crippen LogP contribution in [-0.4, -0.2) is 19.5 Å². The first-order chi connectivity index (χ1) is 28.2. The van der Waals surface area contributed by atoms with Crippen molar-refractivity contribution in [2.45, 2.75) is 0 Å². The molecule has 4 heterocycles. The molecule has 0 N–H and O–H groups in total. The molecule has 0 radical (unpaired) electrons. The van der Waals surface area contributed by atoms with Gasteiger partial charge in [0.15, 0.2) is 17.5 Å². The van der Waals surface area contributed by atoms with Crippen LogP contribution in [0.25, 0.3) is 115 Å². The Balaban J connectivity index is 1.06. The molecular weight excluding hydrogens is 717 g/mol. The largest absolute Gasteiger partial charge is 0.456 e. The summed E-state index contributed by atoms with van der Waals surface area (Å²) in [4.78, 5) is 15.5. The molecule has 0 saturated carbocycles. The minimum atomic E-state index is 0.605. The molecule has 0 aliphatic rings. The highest BCUT2D eigenvalue weighted by Gasteiger charge is 2.19. The molecule has 0 atom stereocenters. The lowest BCUT2D eigenvalue weighted by molar-refractivity contribution is 0.669. The Morgan fingerprint density at radius 1 is 0.351 bits per heavy atom. The zero-order chi connectivity index (χ0) is 37.5. The van der Waals surface area contributed by atoms with Crippen LogP contribution >= 0.6 is 11.3 Å². The maximum atomic E-state index is 6.58. The Kier molecular flexibility index (Phi) is 7.03. The van der Waals surface area contributed by atoms with Gasteiger partial charge in [0.05, 0.1) is 11.0 Å². The number of aromatic nitrogens is 4. The number of hydrogen-bond donors (Lipinski definition) is 0. The Bertz CT molecular complexity index is 3530. The second kappa shape index (κ2) is 12.6. The van der Waals surface area contributed by atoms with Gasteiger partial charge in [-0.15, -0.1) is 11.3 Å². The van der Waals surface area contributed by atoms with Crippen LogP contribution in [0.5, 0.6) is 0 Å². The lowest BCUT2D eigenvalue weighted by Gasteiger charge is -2.10. The molecule has 0 bridgehead atoms. The van der Waals surface area contributed by atoms with E-state index in [0.717, 1.165) is 66.5 Å². The summed E-state index contributed by atoms with van der Waals surface area (Å²) in [6.07, 6.45) is 0. The lowest BCUT2D eigenvalue weighted by Crippen LogP contribution is -2.00. The van der Waals surface area contributed by atoms with E-state index in [2.05, 4.69) is 174 Å². The topological polar surface area (TPSA) is 56.7 Å². The van der Waals surface area contributed by atoms with E-state index in [1.54, 1.807) is 11.3 Å². The molecule has 8 aromatic carbocycles. The van der Waals surface area contributed by atoms with Crippen LogP contribution in [0.1, 0.15) is 0 Å². The predicted octanol–water partition coefficient (Wildman–Crippen LogP) is 13.9. The monoisotopic (exact) mass is 746 g/mol. The van der Waals surface area contributed by atoms with E-state index in [0.29, 0.717) is 17.5 Å². The molecule has 0 aliphatic carbocycles. The van der Waals surface area contributed by atoms with Crippen molar-refractivity contribution in [1.82, 2.24) is 19.5 Å². The quantitative estimate of drug-likeness (QED) is 0.176. The fourth-order valence-electron chi connectivity index (χ4n) is 8.33. The highest BCUT2D eigenvalue weighted by Crippen LogP contribution is 2.40. The van der Waals surface area contributed by atoms with E-state index in [9.17, 15) is 0 Å². The third-order valence-corrected chi connectivity index (χ3v) is 12.2. The number of para-hydroxylation sites is 2. The van der Waals surface area contributed by atoms with E-state index in [4.69, 9.17) is 19.4 Å². The molecule has 4 aromatic heterocycles. The summed E-state index contributed by atoms with van der Waals surface area (Å²) in [5.41, 5.74) is 10.0. The number of fused-ring (bicyclic) bond motifs is 9. The molecule has 12 aromatic rings. The van der Waals surface area contributed by atoms with Gasteiger partial charge in [0, 0.05) is 70.2 Å². The first kappa shape index (κ1) is 31.9. The maximum absolute atomic E-state index is 6.58. The predicted molar refractivity (Wildman–Crippen MR) is 236 cm³/mol. The zero-order valence-electron chi connectivity index (χ0n) is 30.4. The van der Waals surface area contributed by atoms with E-state index in [1.807, 2.05) is 12.1 Å². The van der Waals surface area contributed by atoms with Crippen LogP contribution in [0.15, 0.2) is 186 Å². The Morgan fingerprint density at radius 3 is 1.75 bits per heavy atom. The second-order valence-corrected chi connectivity index (χ2v) is 15.5. The van der Waals surface area contributed by atoms with Gasteiger partial charge in [-0.2, -0.15) is 0 Å². The van der Waals surface area contributed by atoms with Crippen molar-refractivity contribution in [2.24, 2.45) is 0 Å². The zero-order valence-corrected chi connectivity index (χ0v) is 31.2. The van der Waals surface area contributed by atoms with Gasteiger partial charge in [-0.3, -0.25) is 0 Å². The summed E-state index contributed by atoms with van der Waals surface area (Å²) in [5, 5.41) is 6.88. The third kappa shape index (κ3) is 5.19. The van der Waals surface area contributed by atoms with Crippen LogP contribution < -0.4 is 0 Å². The van der Waals surface area contributed by atoms with Crippen molar-refractivity contribution in [1.29, 1.82) is 0 Å². The average molecular weight is 747 g/mol. The van der Waals surface area contributed by atoms with Gasteiger partial charge in [0.25, 0.3) is 0 Å². The smallest absolute Gasteiger partial charge is 0.164 e. The minimum absolute atomic E-state index is 0.605. The van der Waals surface area contributed by atoms with Gasteiger partial charge in [0.2, 0.25) is 0 Å². The molecule has 0 spiro atoms. The minimum Gasteiger partial charge on any atom is -0.456 e. The second-order valence-electron chi connectivity index (χ2n) is 14.4. The standard InChI is InChI=1S/C51H30N4OS/c1-3-12-31(13-4-1)32-14-11-15-33(26-32)49-52-50(54-51(53-49)35-23-25-48-42(28-35)38-19-8-10-21-47(38)57-48)34-22-24-45-40(27-34)41-29-39-37-18-7-9-20-43(37)55(36-16-5-2-6-17-36)44(39)30-46(41)56-45/h1-30H. The van der Waals surface area contributed by atoms with Crippen molar-refractivity contribution in [3.63, 3.8) is 0 Å². The van der Waals surface area contributed by atoms with Crippen molar-refractivity contribution in [2.75, 3.05) is 0 Å². The SMILES string of the molecule is c1ccc(-c2cccc(-c3nc(-c4ccc5oc6cc7c(cc6c5c4)c4ccccc4n7-c4ccccc4)nc(-c4ccc5sc6ccccc6c5c4)n3)c2)cc1. The molecule has 266 valence electrons. The summed E-state index contributed by atoms with van der Waals surface area (Å²) in [5.74, 6) is 1.86. The van der Waals surface area contributed by atoms with Crippen LogP contribution in [0, 0.1) is 0 Å².